The Morgan fingerprint density at radius 3 is 2.25 bits per heavy atom. The molecule has 0 heterocycles. The van der Waals surface area contributed by atoms with E-state index in [1.54, 1.807) is 18.2 Å². The van der Waals surface area contributed by atoms with Crippen LogP contribution in [0.3, 0.4) is 0 Å². The largest absolute Gasteiger partial charge is 0.506 e. The molecule has 0 aliphatic rings. The Morgan fingerprint density at radius 1 is 0.900 bits per heavy atom. The number of rotatable bonds is 2. The molecule has 0 bridgehead atoms. The molecule has 0 fully saturated rings. The van der Waals surface area contributed by atoms with Crippen molar-refractivity contribution in [3.8, 4) is 16.9 Å². The number of aromatic hydroxyl groups is 1. The summed E-state index contributed by atoms with van der Waals surface area (Å²) in [5.74, 6) is -1.32. The van der Waals surface area contributed by atoms with E-state index < -0.39 is 5.97 Å². The molecule has 0 aromatic heterocycles. The van der Waals surface area contributed by atoms with Gasteiger partial charge in [-0.15, -0.1) is 0 Å². The number of fused-ring (bicyclic) bond motifs is 1. The molecule has 0 aliphatic heterocycles. The summed E-state index contributed by atoms with van der Waals surface area (Å²) in [7, 11) is 0. The van der Waals surface area contributed by atoms with E-state index in [2.05, 4.69) is 0 Å². The van der Waals surface area contributed by atoms with E-state index >= 15 is 0 Å². The SMILES string of the molecule is O=C(O)c1c(-c2ccccc2)cc2ccccc2c1O. The number of hydrogen-bond donors (Lipinski definition) is 2. The van der Waals surface area contributed by atoms with E-state index in [-0.39, 0.29) is 11.3 Å². The molecule has 0 amide bonds. The molecule has 20 heavy (non-hydrogen) atoms. The minimum Gasteiger partial charge on any atom is -0.506 e. The first-order chi connectivity index (χ1) is 9.68. The highest BCUT2D eigenvalue weighted by molar-refractivity contribution is 6.07. The van der Waals surface area contributed by atoms with E-state index in [1.165, 1.54) is 0 Å². The van der Waals surface area contributed by atoms with Crippen molar-refractivity contribution in [3.63, 3.8) is 0 Å². The maximum Gasteiger partial charge on any atom is 0.340 e. The molecule has 3 aromatic carbocycles. The van der Waals surface area contributed by atoms with Crippen molar-refractivity contribution in [1.82, 2.24) is 0 Å². The molecule has 0 saturated carbocycles. The Labute approximate surface area is 115 Å². The number of carboxylic acid groups (broad SMARTS) is 1. The van der Waals surface area contributed by atoms with Crippen molar-refractivity contribution in [2.75, 3.05) is 0 Å². The van der Waals surface area contributed by atoms with Crippen LogP contribution in [0.4, 0.5) is 0 Å². The van der Waals surface area contributed by atoms with E-state index in [0.717, 1.165) is 10.9 Å². The molecular formula is C17H12O3. The molecule has 0 aliphatic carbocycles. The lowest BCUT2D eigenvalue weighted by molar-refractivity contribution is 0.0695. The Balaban J connectivity index is 2.41. The summed E-state index contributed by atoms with van der Waals surface area (Å²) < 4.78 is 0. The number of phenols is 1. The smallest absolute Gasteiger partial charge is 0.340 e. The van der Waals surface area contributed by atoms with Crippen LogP contribution in [-0.4, -0.2) is 16.2 Å². The highest BCUT2D eigenvalue weighted by Crippen LogP contribution is 2.36. The molecule has 0 saturated heterocycles. The summed E-state index contributed by atoms with van der Waals surface area (Å²) in [5.41, 5.74) is 1.23. The van der Waals surface area contributed by atoms with Gasteiger partial charge in [-0.3, -0.25) is 0 Å². The summed E-state index contributed by atoms with van der Waals surface area (Å²) >= 11 is 0. The summed E-state index contributed by atoms with van der Waals surface area (Å²) in [6.07, 6.45) is 0. The minimum atomic E-state index is -1.13. The van der Waals surface area contributed by atoms with Crippen molar-refractivity contribution in [2.45, 2.75) is 0 Å². The molecule has 0 radical (unpaired) electrons. The van der Waals surface area contributed by atoms with E-state index in [1.807, 2.05) is 42.5 Å². The molecule has 3 nitrogen and oxygen atoms in total. The fourth-order valence-corrected chi connectivity index (χ4v) is 2.39. The first-order valence-electron chi connectivity index (χ1n) is 6.22. The van der Waals surface area contributed by atoms with Gasteiger partial charge in [0.2, 0.25) is 0 Å². The number of hydrogen-bond acceptors (Lipinski definition) is 2. The van der Waals surface area contributed by atoms with Crippen LogP contribution in [0.15, 0.2) is 60.7 Å². The fraction of sp³-hybridized carbons (Fsp3) is 0. The molecule has 3 rings (SSSR count). The third-order valence-electron chi connectivity index (χ3n) is 3.32. The Hall–Kier alpha value is -2.81. The predicted octanol–water partition coefficient (Wildman–Crippen LogP) is 3.91. The maximum absolute atomic E-state index is 11.5. The quantitative estimate of drug-likeness (QED) is 0.737. The van der Waals surface area contributed by atoms with Crippen LogP contribution in [0.2, 0.25) is 0 Å². The van der Waals surface area contributed by atoms with Crippen LogP contribution < -0.4 is 0 Å². The average Bonchev–Trinajstić information content (AvgIpc) is 2.47. The van der Waals surface area contributed by atoms with Gasteiger partial charge < -0.3 is 10.2 Å². The standard InChI is InChI=1S/C17H12O3/c18-16-13-9-5-4-8-12(13)10-14(15(16)17(19)20)11-6-2-1-3-7-11/h1-10,18H,(H,19,20). The lowest BCUT2D eigenvalue weighted by Gasteiger charge is -2.11. The first-order valence-corrected chi connectivity index (χ1v) is 6.22. The zero-order valence-electron chi connectivity index (χ0n) is 10.6. The highest BCUT2D eigenvalue weighted by Gasteiger charge is 2.19. The van der Waals surface area contributed by atoms with Gasteiger partial charge in [0.25, 0.3) is 0 Å². The molecular weight excluding hydrogens is 252 g/mol. The zero-order valence-corrected chi connectivity index (χ0v) is 10.6. The second-order valence-electron chi connectivity index (χ2n) is 4.54. The van der Waals surface area contributed by atoms with Gasteiger partial charge in [-0.25, -0.2) is 4.79 Å². The Bertz CT molecular complexity index is 792. The molecule has 3 aromatic rings. The van der Waals surface area contributed by atoms with Crippen LogP contribution in [0.5, 0.6) is 5.75 Å². The van der Waals surface area contributed by atoms with E-state index in [4.69, 9.17) is 0 Å². The van der Waals surface area contributed by atoms with Gasteiger partial charge >= 0.3 is 5.97 Å². The van der Waals surface area contributed by atoms with Gasteiger partial charge in [-0.05, 0) is 17.0 Å². The van der Waals surface area contributed by atoms with Crippen molar-refractivity contribution >= 4 is 16.7 Å². The second kappa shape index (κ2) is 4.70. The maximum atomic E-state index is 11.5. The van der Waals surface area contributed by atoms with Crippen molar-refractivity contribution in [1.29, 1.82) is 0 Å². The Kier molecular flexibility index (Phi) is 2.88. The monoisotopic (exact) mass is 264 g/mol. The molecule has 0 unspecified atom stereocenters. The normalized spacial score (nSPS) is 10.6. The number of carboxylic acids is 1. The van der Waals surface area contributed by atoms with Gasteiger partial charge in [0.1, 0.15) is 11.3 Å². The lowest BCUT2D eigenvalue weighted by Crippen LogP contribution is -2.01. The third kappa shape index (κ3) is 1.89. The first kappa shape index (κ1) is 12.2. The van der Waals surface area contributed by atoms with Crippen LogP contribution in [0.1, 0.15) is 10.4 Å². The zero-order chi connectivity index (χ0) is 14.1. The van der Waals surface area contributed by atoms with Gasteiger partial charge in [0.15, 0.2) is 0 Å². The molecule has 98 valence electrons. The van der Waals surface area contributed by atoms with Gasteiger partial charge in [-0.1, -0.05) is 54.6 Å². The highest BCUT2D eigenvalue weighted by atomic mass is 16.4. The predicted molar refractivity (Wildman–Crippen MR) is 78.0 cm³/mol. The van der Waals surface area contributed by atoms with E-state index in [0.29, 0.717) is 10.9 Å². The second-order valence-corrected chi connectivity index (χ2v) is 4.54. The topological polar surface area (TPSA) is 57.5 Å². The van der Waals surface area contributed by atoms with Crippen LogP contribution >= 0.6 is 0 Å². The third-order valence-corrected chi connectivity index (χ3v) is 3.32. The summed E-state index contributed by atoms with van der Waals surface area (Å²) in [6.45, 7) is 0. The van der Waals surface area contributed by atoms with E-state index in [9.17, 15) is 15.0 Å². The minimum absolute atomic E-state index is 0.0603. The van der Waals surface area contributed by atoms with Gasteiger partial charge in [0, 0.05) is 10.9 Å². The van der Waals surface area contributed by atoms with Crippen LogP contribution in [0.25, 0.3) is 21.9 Å². The molecule has 3 heteroatoms. The lowest BCUT2D eigenvalue weighted by atomic mass is 9.94. The summed E-state index contributed by atoms with van der Waals surface area (Å²) in [5, 5.41) is 21.0. The molecule has 2 N–H and O–H groups in total. The van der Waals surface area contributed by atoms with Crippen LogP contribution in [-0.2, 0) is 0 Å². The number of carbonyl (C=O) groups is 1. The van der Waals surface area contributed by atoms with Crippen molar-refractivity contribution in [3.05, 3.63) is 66.2 Å². The van der Waals surface area contributed by atoms with Gasteiger partial charge in [0.05, 0.1) is 0 Å². The van der Waals surface area contributed by atoms with Crippen LogP contribution in [0, 0.1) is 0 Å². The Morgan fingerprint density at radius 2 is 1.55 bits per heavy atom. The van der Waals surface area contributed by atoms with Crippen molar-refractivity contribution in [2.24, 2.45) is 0 Å². The average molecular weight is 264 g/mol. The fourth-order valence-electron chi connectivity index (χ4n) is 2.39. The van der Waals surface area contributed by atoms with Gasteiger partial charge in [-0.2, -0.15) is 0 Å². The summed E-state index contributed by atoms with van der Waals surface area (Å²) in [4.78, 5) is 11.5. The summed E-state index contributed by atoms with van der Waals surface area (Å²) in [6, 6.07) is 18.2. The van der Waals surface area contributed by atoms with Crippen molar-refractivity contribution < 1.29 is 15.0 Å². The number of benzene rings is 3. The number of aromatic carboxylic acids is 1. The molecule has 0 atom stereocenters. The molecule has 0 spiro atoms.